The Bertz CT molecular complexity index is 680. The van der Waals surface area contributed by atoms with Crippen molar-refractivity contribution in [2.24, 2.45) is 15.9 Å². The monoisotopic (exact) mass is 302 g/mol. The van der Waals surface area contributed by atoms with Gasteiger partial charge >= 0.3 is 0 Å². The lowest BCUT2D eigenvalue weighted by molar-refractivity contribution is 0.0693. The summed E-state index contributed by atoms with van der Waals surface area (Å²) in [4.78, 5) is 8.64. The van der Waals surface area contributed by atoms with Gasteiger partial charge in [-0.15, -0.1) is 0 Å². The molecule has 4 nitrogen and oxygen atoms in total. The third kappa shape index (κ3) is 2.25. The number of ether oxygens (including phenoxy) is 2. The molecule has 0 bridgehead atoms. The van der Waals surface area contributed by atoms with Crippen LogP contribution in [0.5, 0.6) is 0 Å². The van der Waals surface area contributed by atoms with Gasteiger partial charge in [-0.05, 0) is 36.8 Å². The third-order valence-electron chi connectivity index (χ3n) is 3.59. The molecule has 0 radical (unpaired) electrons. The second-order valence-corrected chi connectivity index (χ2v) is 5.13. The SMILES string of the molecule is C=C1C2=NC(Cl)=NC3=CC=C(OC)C(O/C1=C/C=C\C)C32. The van der Waals surface area contributed by atoms with Crippen LogP contribution in [0.2, 0.25) is 0 Å². The van der Waals surface area contributed by atoms with Crippen molar-refractivity contribution in [1.29, 1.82) is 0 Å². The Morgan fingerprint density at radius 2 is 2.19 bits per heavy atom. The molecule has 1 saturated heterocycles. The fraction of sp³-hybridized carbons (Fsp3) is 0.250. The zero-order chi connectivity index (χ0) is 15.0. The van der Waals surface area contributed by atoms with Crippen LogP contribution in [-0.2, 0) is 9.47 Å². The highest BCUT2D eigenvalue weighted by molar-refractivity contribution is 6.66. The van der Waals surface area contributed by atoms with Crippen molar-refractivity contribution in [3.63, 3.8) is 0 Å². The van der Waals surface area contributed by atoms with E-state index in [1.807, 2.05) is 37.3 Å². The fourth-order valence-electron chi connectivity index (χ4n) is 2.60. The summed E-state index contributed by atoms with van der Waals surface area (Å²) < 4.78 is 11.5. The Morgan fingerprint density at radius 1 is 1.38 bits per heavy atom. The summed E-state index contributed by atoms with van der Waals surface area (Å²) in [6.45, 7) is 6.03. The predicted molar refractivity (Wildman–Crippen MR) is 84.3 cm³/mol. The molecule has 0 saturated carbocycles. The summed E-state index contributed by atoms with van der Waals surface area (Å²) in [5.74, 6) is 1.29. The van der Waals surface area contributed by atoms with E-state index in [4.69, 9.17) is 21.1 Å². The number of hydrogen-bond donors (Lipinski definition) is 0. The molecule has 2 aliphatic heterocycles. The molecule has 2 atom stereocenters. The van der Waals surface area contributed by atoms with Crippen LogP contribution < -0.4 is 0 Å². The first kappa shape index (κ1) is 13.9. The van der Waals surface area contributed by atoms with Crippen molar-refractivity contribution in [3.05, 3.63) is 59.7 Å². The lowest BCUT2D eigenvalue weighted by atomic mass is 9.81. The lowest BCUT2D eigenvalue weighted by Crippen LogP contribution is -2.42. The molecule has 0 aromatic rings. The van der Waals surface area contributed by atoms with E-state index in [1.54, 1.807) is 7.11 Å². The topological polar surface area (TPSA) is 43.2 Å². The van der Waals surface area contributed by atoms with E-state index in [0.29, 0.717) is 5.76 Å². The smallest absolute Gasteiger partial charge is 0.222 e. The molecule has 0 aromatic carbocycles. The number of allylic oxidation sites excluding steroid dienone is 6. The number of nitrogens with zero attached hydrogens (tertiary/aromatic N) is 2. The number of halogens is 1. The number of hydrogen-bond acceptors (Lipinski definition) is 4. The minimum absolute atomic E-state index is 0.122. The predicted octanol–water partition coefficient (Wildman–Crippen LogP) is 3.49. The van der Waals surface area contributed by atoms with E-state index in [1.165, 1.54) is 0 Å². The number of amidine groups is 1. The Kier molecular flexibility index (Phi) is 3.55. The molecule has 0 N–H and O–H groups in total. The molecule has 108 valence electrons. The van der Waals surface area contributed by atoms with Crippen molar-refractivity contribution in [1.82, 2.24) is 0 Å². The van der Waals surface area contributed by atoms with E-state index >= 15 is 0 Å². The molecule has 5 heteroatoms. The molecule has 21 heavy (non-hydrogen) atoms. The van der Waals surface area contributed by atoms with Gasteiger partial charge in [0.2, 0.25) is 5.29 Å². The molecule has 2 heterocycles. The molecule has 3 rings (SSSR count). The molecule has 0 amide bonds. The van der Waals surface area contributed by atoms with Gasteiger partial charge in [-0.1, -0.05) is 18.7 Å². The van der Waals surface area contributed by atoms with Crippen molar-refractivity contribution in [3.8, 4) is 0 Å². The van der Waals surface area contributed by atoms with Gasteiger partial charge in [-0.2, -0.15) is 0 Å². The second kappa shape index (κ2) is 5.37. The Balaban J connectivity index is 2.12. The molecule has 1 fully saturated rings. The van der Waals surface area contributed by atoms with E-state index in [9.17, 15) is 0 Å². The number of aliphatic imine (C=N–C) groups is 2. The van der Waals surface area contributed by atoms with Gasteiger partial charge in [0, 0.05) is 5.57 Å². The van der Waals surface area contributed by atoms with E-state index in [0.717, 1.165) is 22.7 Å². The maximum atomic E-state index is 6.06. The largest absolute Gasteiger partial charge is 0.497 e. The average Bonchev–Trinajstić information content (AvgIpc) is 2.48. The lowest BCUT2D eigenvalue weighted by Gasteiger charge is -2.39. The van der Waals surface area contributed by atoms with Crippen LogP contribution in [0, 0.1) is 5.92 Å². The average molecular weight is 303 g/mol. The van der Waals surface area contributed by atoms with Crippen molar-refractivity contribution in [2.45, 2.75) is 13.0 Å². The van der Waals surface area contributed by atoms with E-state index in [-0.39, 0.29) is 17.3 Å². The fourth-order valence-corrected chi connectivity index (χ4v) is 2.79. The Hall–Kier alpha value is -2.07. The van der Waals surface area contributed by atoms with Crippen LogP contribution in [0.25, 0.3) is 0 Å². The van der Waals surface area contributed by atoms with Gasteiger partial charge in [0.1, 0.15) is 11.5 Å². The molecular weight excluding hydrogens is 288 g/mol. The normalized spacial score (nSPS) is 29.3. The Morgan fingerprint density at radius 3 is 2.90 bits per heavy atom. The van der Waals surface area contributed by atoms with Gasteiger partial charge in [0.05, 0.1) is 24.4 Å². The summed E-state index contributed by atoms with van der Waals surface area (Å²) in [5.41, 5.74) is 2.34. The van der Waals surface area contributed by atoms with Gasteiger partial charge in [0.25, 0.3) is 0 Å². The molecular formula is C16H15ClN2O2. The van der Waals surface area contributed by atoms with E-state index in [2.05, 4.69) is 16.6 Å². The van der Waals surface area contributed by atoms with Crippen LogP contribution in [-0.4, -0.2) is 24.2 Å². The van der Waals surface area contributed by atoms with Gasteiger partial charge in [-0.3, -0.25) is 0 Å². The zero-order valence-corrected chi connectivity index (χ0v) is 12.6. The molecule has 0 spiro atoms. The van der Waals surface area contributed by atoms with Gasteiger partial charge < -0.3 is 9.47 Å². The van der Waals surface area contributed by atoms with Crippen LogP contribution in [0.1, 0.15) is 6.92 Å². The summed E-state index contributed by atoms with van der Waals surface area (Å²) >= 11 is 6.02. The first-order chi connectivity index (χ1) is 10.2. The highest BCUT2D eigenvalue weighted by Gasteiger charge is 2.44. The summed E-state index contributed by atoms with van der Waals surface area (Å²) in [6.07, 6.45) is 9.14. The van der Waals surface area contributed by atoms with Crippen LogP contribution >= 0.6 is 11.6 Å². The minimum atomic E-state index is -0.288. The van der Waals surface area contributed by atoms with Crippen LogP contribution in [0.4, 0.5) is 0 Å². The molecule has 1 aliphatic carbocycles. The Labute approximate surface area is 128 Å². The van der Waals surface area contributed by atoms with Crippen LogP contribution in [0.3, 0.4) is 0 Å². The highest BCUT2D eigenvalue weighted by atomic mass is 35.5. The van der Waals surface area contributed by atoms with Crippen molar-refractivity contribution >= 4 is 22.6 Å². The zero-order valence-electron chi connectivity index (χ0n) is 11.8. The number of rotatable bonds is 2. The van der Waals surface area contributed by atoms with Crippen molar-refractivity contribution in [2.75, 3.05) is 7.11 Å². The minimum Gasteiger partial charge on any atom is -0.497 e. The third-order valence-corrected chi connectivity index (χ3v) is 3.75. The first-order valence-corrected chi connectivity index (χ1v) is 7.01. The van der Waals surface area contributed by atoms with Crippen molar-refractivity contribution < 1.29 is 9.47 Å². The summed E-state index contributed by atoms with van der Waals surface area (Å²) in [6, 6.07) is 0. The summed E-state index contributed by atoms with van der Waals surface area (Å²) in [7, 11) is 1.63. The molecule has 2 unspecified atom stereocenters. The quantitative estimate of drug-likeness (QED) is 0.733. The molecule has 0 aromatic heterocycles. The standard InChI is InChI=1S/C16H15ClN2O2/c1-4-5-6-11-9(2)14-13-10(18-16(17)19-14)7-8-12(20-3)15(13)21-11/h4-8,13,15H,2H2,1,3H3/b5-4-,11-6+. The second-order valence-electron chi connectivity index (χ2n) is 4.79. The summed E-state index contributed by atoms with van der Waals surface area (Å²) in [5, 5.41) is 0.217. The maximum Gasteiger partial charge on any atom is 0.222 e. The first-order valence-electron chi connectivity index (χ1n) is 6.63. The number of methoxy groups -OCH3 is 1. The maximum absolute atomic E-state index is 6.06. The van der Waals surface area contributed by atoms with Gasteiger partial charge in [0.15, 0.2) is 6.10 Å². The highest BCUT2D eigenvalue weighted by Crippen LogP contribution is 2.41. The molecule has 3 aliphatic rings. The van der Waals surface area contributed by atoms with Gasteiger partial charge in [-0.25, -0.2) is 9.98 Å². The van der Waals surface area contributed by atoms with Crippen LogP contribution in [0.15, 0.2) is 69.7 Å². The van der Waals surface area contributed by atoms with E-state index < -0.39 is 0 Å².